The molecule has 0 unspecified atom stereocenters. The Morgan fingerprint density at radius 1 is 0.943 bits per heavy atom. The number of nitrogens with one attached hydrogen (secondary N) is 2. The maximum atomic E-state index is 4.72. The van der Waals surface area contributed by atoms with Gasteiger partial charge in [0, 0.05) is 57.8 Å². The van der Waals surface area contributed by atoms with E-state index in [1.165, 1.54) is 5.56 Å². The Labute approximate surface area is 204 Å². The average Bonchev–Trinajstić information content (AvgIpc) is 3.29. The van der Waals surface area contributed by atoms with Crippen molar-refractivity contribution in [2.24, 2.45) is 0 Å². The Morgan fingerprint density at radius 3 is 2.60 bits per heavy atom. The molecular formula is C28H29N7. The Balaban J connectivity index is 1.42. The molecular weight excluding hydrogens is 434 g/mol. The van der Waals surface area contributed by atoms with Gasteiger partial charge in [0.2, 0.25) is 0 Å². The van der Waals surface area contributed by atoms with Crippen LogP contribution >= 0.6 is 0 Å². The van der Waals surface area contributed by atoms with Crippen molar-refractivity contribution >= 4 is 27.8 Å². The number of likely N-dealkylation sites (tertiary alicyclic amines) is 1. The van der Waals surface area contributed by atoms with E-state index in [9.17, 15) is 0 Å². The number of fused-ring (bicyclic) bond motifs is 2. The van der Waals surface area contributed by atoms with Gasteiger partial charge in [-0.3, -0.25) is 4.98 Å². The molecule has 7 heteroatoms. The van der Waals surface area contributed by atoms with E-state index >= 15 is 0 Å². The zero-order chi connectivity index (χ0) is 23.9. The highest BCUT2D eigenvalue weighted by Gasteiger charge is 2.18. The molecule has 5 aromatic rings. The number of pyridine rings is 2. The Bertz CT molecular complexity index is 1510. The Kier molecular flexibility index (Phi) is 5.41. The summed E-state index contributed by atoms with van der Waals surface area (Å²) in [5.41, 5.74) is 8.48. The standard InChI is InChI=1S/C28H29N7/c1-17-6-9-29-18(2)26(17)20-13-22-24(15-31-27(22)30-14-20)19-4-5-25-23(12-19)28(33-16-32-25)34-21-7-10-35(3)11-8-21/h4-6,9,12-16,21H,7-8,10-11H2,1-3H3,(H,30,31)(H,32,33,34). The molecule has 0 saturated carbocycles. The van der Waals surface area contributed by atoms with E-state index in [4.69, 9.17) is 4.98 Å². The molecule has 35 heavy (non-hydrogen) atoms. The number of hydrogen-bond acceptors (Lipinski definition) is 6. The monoisotopic (exact) mass is 463 g/mol. The highest BCUT2D eigenvalue weighted by molar-refractivity contribution is 6.00. The molecule has 2 N–H and O–H groups in total. The van der Waals surface area contributed by atoms with Gasteiger partial charge in [0.1, 0.15) is 17.8 Å². The van der Waals surface area contributed by atoms with Crippen molar-refractivity contribution in [2.75, 3.05) is 25.5 Å². The highest BCUT2D eigenvalue weighted by atomic mass is 15.1. The van der Waals surface area contributed by atoms with E-state index in [1.54, 1.807) is 6.33 Å². The molecule has 7 nitrogen and oxygen atoms in total. The first kappa shape index (κ1) is 21.7. The third-order valence-corrected chi connectivity index (χ3v) is 7.17. The van der Waals surface area contributed by atoms with Crippen molar-refractivity contribution in [1.82, 2.24) is 29.8 Å². The number of anilines is 1. The first-order valence-electron chi connectivity index (χ1n) is 12.2. The number of aromatic amines is 1. The molecule has 4 aromatic heterocycles. The number of H-pyrrole nitrogens is 1. The first-order valence-corrected chi connectivity index (χ1v) is 12.2. The molecule has 1 aliphatic rings. The predicted octanol–water partition coefficient (Wildman–Crippen LogP) is 5.36. The first-order chi connectivity index (χ1) is 17.1. The van der Waals surface area contributed by atoms with Crippen LogP contribution in [0.1, 0.15) is 24.1 Å². The van der Waals surface area contributed by atoms with Crippen LogP contribution in [0.3, 0.4) is 0 Å². The van der Waals surface area contributed by atoms with Gasteiger partial charge in [-0.05, 0) is 82.2 Å². The molecule has 1 aliphatic heterocycles. The van der Waals surface area contributed by atoms with Gasteiger partial charge in [-0.2, -0.15) is 0 Å². The SMILES string of the molecule is Cc1ccnc(C)c1-c1cnc2[nH]cc(-c3ccc4ncnc(NC5CCN(C)CC5)c4c3)c2c1. The van der Waals surface area contributed by atoms with Crippen molar-refractivity contribution in [3.05, 3.63) is 66.5 Å². The number of nitrogens with zero attached hydrogens (tertiary/aromatic N) is 5. The molecule has 1 aromatic carbocycles. The average molecular weight is 464 g/mol. The summed E-state index contributed by atoms with van der Waals surface area (Å²) < 4.78 is 0. The summed E-state index contributed by atoms with van der Waals surface area (Å²) in [7, 11) is 2.18. The van der Waals surface area contributed by atoms with Crippen molar-refractivity contribution in [1.29, 1.82) is 0 Å². The lowest BCUT2D eigenvalue weighted by atomic mass is 9.98. The van der Waals surface area contributed by atoms with E-state index in [0.717, 1.165) is 81.6 Å². The van der Waals surface area contributed by atoms with Gasteiger partial charge in [-0.25, -0.2) is 15.0 Å². The van der Waals surface area contributed by atoms with Gasteiger partial charge in [0.05, 0.1) is 5.52 Å². The Morgan fingerprint density at radius 2 is 1.77 bits per heavy atom. The molecule has 5 heterocycles. The van der Waals surface area contributed by atoms with Gasteiger partial charge in [-0.15, -0.1) is 0 Å². The van der Waals surface area contributed by atoms with Crippen LogP contribution < -0.4 is 5.32 Å². The van der Waals surface area contributed by atoms with Gasteiger partial charge >= 0.3 is 0 Å². The summed E-state index contributed by atoms with van der Waals surface area (Å²) in [6.45, 7) is 6.38. The minimum Gasteiger partial charge on any atom is -0.367 e. The number of piperidine rings is 1. The van der Waals surface area contributed by atoms with Crippen LogP contribution in [-0.2, 0) is 0 Å². The van der Waals surface area contributed by atoms with Crippen LogP contribution in [0.2, 0.25) is 0 Å². The predicted molar refractivity (Wildman–Crippen MR) is 141 cm³/mol. The minimum atomic E-state index is 0.429. The molecule has 0 aliphatic carbocycles. The molecule has 0 radical (unpaired) electrons. The van der Waals surface area contributed by atoms with Gasteiger partial charge in [0.25, 0.3) is 0 Å². The van der Waals surface area contributed by atoms with Crippen molar-refractivity contribution < 1.29 is 0 Å². The number of aryl methyl sites for hydroxylation is 2. The van der Waals surface area contributed by atoms with E-state index < -0.39 is 0 Å². The van der Waals surface area contributed by atoms with Crippen molar-refractivity contribution in [3.8, 4) is 22.3 Å². The summed E-state index contributed by atoms with van der Waals surface area (Å²) >= 11 is 0. The largest absolute Gasteiger partial charge is 0.367 e. The Hall–Kier alpha value is -3.84. The molecule has 6 rings (SSSR count). The molecule has 1 saturated heterocycles. The molecule has 0 bridgehead atoms. The van der Waals surface area contributed by atoms with Crippen molar-refractivity contribution in [3.63, 3.8) is 0 Å². The topological polar surface area (TPSA) is 82.6 Å². The van der Waals surface area contributed by atoms with Gasteiger partial charge < -0.3 is 15.2 Å². The smallest absolute Gasteiger partial charge is 0.137 e. The lowest BCUT2D eigenvalue weighted by Gasteiger charge is -2.30. The number of rotatable bonds is 4. The third-order valence-electron chi connectivity index (χ3n) is 7.17. The number of benzene rings is 1. The molecule has 0 amide bonds. The highest BCUT2D eigenvalue weighted by Crippen LogP contribution is 2.35. The second kappa shape index (κ2) is 8.74. The van der Waals surface area contributed by atoms with Crippen LogP contribution in [0.5, 0.6) is 0 Å². The van der Waals surface area contributed by atoms with Gasteiger partial charge in [0.15, 0.2) is 0 Å². The van der Waals surface area contributed by atoms with Crippen LogP contribution in [0.4, 0.5) is 5.82 Å². The summed E-state index contributed by atoms with van der Waals surface area (Å²) in [5, 5.41) is 5.82. The van der Waals surface area contributed by atoms with Gasteiger partial charge in [-0.1, -0.05) is 6.07 Å². The van der Waals surface area contributed by atoms with Crippen LogP contribution in [0.15, 0.2) is 55.2 Å². The zero-order valence-electron chi connectivity index (χ0n) is 20.3. The molecule has 0 atom stereocenters. The molecule has 176 valence electrons. The fraction of sp³-hybridized carbons (Fsp3) is 0.286. The second-order valence-electron chi connectivity index (χ2n) is 9.59. The maximum absolute atomic E-state index is 4.72. The lowest BCUT2D eigenvalue weighted by Crippen LogP contribution is -2.36. The van der Waals surface area contributed by atoms with Crippen LogP contribution in [0.25, 0.3) is 44.2 Å². The molecule has 0 spiro atoms. The molecule has 1 fully saturated rings. The summed E-state index contributed by atoms with van der Waals surface area (Å²) in [4.78, 5) is 24.1. The summed E-state index contributed by atoms with van der Waals surface area (Å²) in [6, 6.07) is 11.1. The normalized spacial score (nSPS) is 15.2. The van der Waals surface area contributed by atoms with Crippen molar-refractivity contribution in [2.45, 2.75) is 32.7 Å². The summed E-state index contributed by atoms with van der Waals surface area (Å²) in [6.07, 6.45) is 9.71. The lowest BCUT2D eigenvalue weighted by molar-refractivity contribution is 0.264. The fourth-order valence-corrected chi connectivity index (χ4v) is 5.20. The van der Waals surface area contributed by atoms with Crippen LogP contribution in [0, 0.1) is 13.8 Å². The third kappa shape index (κ3) is 4.02. The van der Waals surface area contributed by atoms with Crippen LogP contribution in [-0.4, -0.2) is 56.0 Å². The van der Waals surface area contributed by atoms with E-state index in [-0.39, 0.29) is 0 Å². The van der Waals surface area contributed by atoms with E-state index in [0.29, 0.717) is 6.04 Å². The van der Waals surface area contributed by atoms with E-state index in [2.05, 4.69) is 68.4 Å². The number of hydrogen-bond donors (Lipinski definition) is 2. The number of aromatic nitrogens is 5. The zero-order valence-corrected chi connectivity index (χ0v) is 20.3. The second-order valence-corrected chi connectivity index (χ2v) is 9.59. The maximum Gasteiger partial charge on any atom is 0.137 e. The quantitative estimate of drug-likeness (QED) is 0.373. The van der Waals surface area contributed by atoms with E-state index in [1.807, 2.05) is 31.6 Å². The minimum absolute atomic E-state index is 0.429. The fourth-order valence-electron chi connectivity index (χ4n) is 5.20. The summed E-state index contributed by atoms with van der Waals surface area (Å²) in [5.74, 6) is 0.909.